The molecule has 3 heterocycles. The summed E-state index contributed by atoms with van der Waals surface area (Å²) in [6.07, 6.45) is 3.56. The molecule has 0 aliphatic carbocycles. The zero-order valence-corrected chi connectivity index (χ0v) is 14.1. The molecule has 5 nitrogen and oxygen atoms in total. The monoisotopic (exact) mass is 358 g/mol. The van der Waals surface area contributed by atoms with E-state index in [9.17, 15) is 4.79 Å². The molecule has 0 unspecified atom stereocenters. The van der Waals surface area contributed by atoms with Gasteiger partial charge in [-0.3, -0.25) is 9.20 Å². The minimum Gasteiger partial charge on any atom is -0.305 e. The van der Waals surface area contributed by atoms with E-state index >= 15 is 0 Å². The van der Waals surface area contributed by atoms with Crippen LogP contribution in [0.25, 0.3) is 5.65 Å². The minimum atomic E-state index is -0.218. The Morgan fingerprint density at radius 3 is 2.82 bits per heavy atom. The summed E-state index contributed by atoms with van der Waals surface area (Å²) in [6.45, 7) is 5.71. The molecule has 0 radical (unpaired) electrons. The number of fused-ring (bicyclic) bond motifs is 1. The lowest BCUT2D eigenvalue weighted by atomic mass is 10.2. The van der Waals surface area contributed by atoms with E-state index in [1.807, 2.05) is 49.6 Å². The number of aromatic nitrogens is 3. The number of pyridine rings is 2. The Morgan fingerprint density at radius 2 is 2.09 bits per heavy atom. The van der Waals surface area contributed by atoms with E-state index in [1.54, 1.807) is 6.20 Å². The third-order valence-electron chi connectivity index (χ3n) is 3.44. The fraction of sp³-hybridized carbons (Fsp3) is 0.188. The summed E-state index contributed by atoms with van der Waals surface area (Å²) >= 11 is 3.50. The molecule has 0 aromatic carbocycles. The van der Waals surface area contributed by atoms with Crippen LogP contribution in [0.2, 0.25) is 0 Å². The summed E-state index contributed by atoms with van der Waals surface area (Å²) < 4.78 is 2.67. The first-order valence-electron chi connectivity index (χ1n) is 6.85. The SMILES string of the molecule is Cc1cc(Br)c2nc(C)c(C(=O)Nc3ncccc3C)n2c1. The van der Waals surface area contributed by atoms with E-state index in [-0.39, 0.29) is 5.91 Å². The number of hydrogen-bond donors (Lipinski definition) is 1. The van der Waals surface area contributed by atoms with E-state index in [4.69, 9.17) is 0 Å². The summed E-state index contributed by atoms with van der Waals surface area (Å²) in [4.78, 5) is 21.3. The van der Waals surface area contributed by atoms with E-state index in [1.165, 1.54) is 0 Å². The van der Waals surface area contributed by atoms with Crippen molar-refractivity contribution in [1.29, 1.82) is 0 Å². The van der Waals surface area contributed by atoms with Crippen LogP contribution in [0.3, 0.4) is 0 Å². The molecule has 0 aliphatic heterocycles. The minimum absolute atomic E-state index is 0.218. The highest BCUT2D eigenvalue weighted by Gasteiger charge is 2.19. The Bertz CT molecular complexity index is 885. The maximum atomic E-state index is 12.7. The van der Waals surface area contributed by atoms with Crippen LogP contribution in [-0.4, -0.2) is 20.3 Å². The number of carbonyl (C=O) groups excluding carboxylic acids is 1. The van der Waals surface area contributed by atoms with Gasteiger partial charge in [0.05, 0.1) is 10.2 Å². The average molecular weight is 359 g/mol. The number of hydrogen-bond acceptors (Lipinski definition) is 3. The topological polar surface area (TPSA) is 59.3 Å². The predicted octanol–water partition coefficient (Wildman–Crippen LogP) is 3.67. The van der Waals surface area contributed by atoms with Crippen molar-refractivity contribution in [2.75, 3.05) is 5.32 Å². The highest BCUT2D eigenvalue weighted by atomic mass is 79.9. The molecule has 3 aromatic heterocycles. The Labute approximate surface area is 136 Å². The van der Waals surface area contributed by atoms with Gasteiger partial charge in [-0.2, -0.15) is 0 Å². The fourth-order valence-corrected chi connectivity index (χ4v) is 3.04. The first-order chi connectivity index (χ1) is 10.5. The van der Waals surface area contributed by atoms with Crippen molar-refractivity contribution >= 4 is 33.3 Å². The molecule has 0 bridgehead atoms. The second-order valence-corrected chi connectivity index (χ2v) is 6.08. The molecule has 6 heteroatoms. The van der Waals surface area contributed by atoms with Gasteiger partial charge in [0.2, 0.25) is 0 Å². The van der Waals surface area contributed by atoms with Crippen molar-refractivity contribution in [3.05, 3.63) is 57.6 Å². The van der Waals surface area contributed by atoms with Gasteiger partial charge >= 0.3 is 0 Å². The van der Waals surface area contributed by atoms with Crippen LogP contribution in [0, 0.1) is 20.8 Å². The number of imidazole rings is 1. The van der Waals surface area contributed by atoms with Crippen molar-refractivity contribution < 1.29 is 4.79 Å². The molecule has 0 atom stereocenters. The van der Waals surface area contributed by atoms with Gasteiger partial charge < -0.3 is 5.32 Å². The number of nitrogens with one attached hydrogen (secondary N) is 1. The lowest BCUT2D eigenvalue weighted by Crippen LogP contribution is -2.17. The Morgan fingerprint density at radius 1 is 1.32 bits per heavy atom. The van der Waals surface area contributed by atoms with Gasteiger partial charge in [-0.05, 0) is 60.0 Å². The summed E-state index contributed by atoms with van der Waals surface area (Å²) in [5.74, 6) is 0.345. The van der Waals surface area contributed by atoms with E-state index in [2.05, 4.69) is 31.2 Å². The molecule has 0 aliphatic rings. The van der Waals surface area contributed by atoms with Gasteiger partial charge in [0, 0.05) is 12.4 Å². The van der Waals surface area contributed by atoms with Crippen molar-refractivity contribution in [3.8, 4) is 0 Å². The number of anilines is 1. The van der Waals surface area contributed by atoms with E-state index in [0.717, 1.165) is 21.2 Å². The molecule has 0 saturated heterocycles. The van der Waals surface area contributed by atoms with Gasteiger partial charge in [0.15, 0.2) is 5.65 Å². The second-order valence-electron chi connectivity index (χ2n) is 5.23. The number of amides is 1. The zero-order chi connectivity index (χ0) is 15.9. The fourth-order valence-electron chi connectivity index (χ4n) is 2.40. The van der Waals surface area contributed by atoms with Crippen molar-refractivity contribution in [2.24, 2.45) is 0 Å². The number of nitrogens with zero attached hydrogens (tertiary/aromatic N) is 3. The summed E-state index contributed by atoms with van der Waals surface area (Å²) in [6, 6.07) is 5.72. The molecule has 22 heavy (non-hydrogen) atoms. The molecule has 1 N–H and O–H groups in total. The Kier molecular flexibility index (Phi) is 3.70. The maximum absolute atomic E-state index is 12.7. The molecular formula is C16H15BrN4O. The highest BCUT2D eigenvalue weighted by molar-refractivity contribution is 9.10. The van der Waals surface area contributed by atoms with Gasteiger partial charge in [0.1, 0.15) is 11.5 Å². The Hall–Kier alpha value is -2.21. The second kappa shape index (κ2) is 5.53. The number of halogens is 1. The molecule has 3 aromatic rings. The summed E-state index contributed by atoms with van der Waals surface area (Å²) in [5.41, 5.74) is 3.88. The maximum Gasteiger partial charge on any atom is 0.275 e. The molecule has 0 fully saturated rings. The molecule has 112 valence electrons. The van der Waals surface area contributed by atoms with Crippen LogP contribution in [0.5, 0.6) is 0 Å². The molecule has 1 amide bonds. The van der Waals surface area contributed by atoms with Crippen LogP contribution in [0.4, 0.5) is 5.82 Å². The molecule has 3 rings (SSSR count). The summed E-state index contributed by atoms with van der Waals surface area (Å²) in [5, 5.41) is 2.86. The van der Waals surface area contributed by atoms with Crippen molar-refractivity contribution in [2.45, 2.75) is 20.8 Å². The van der Waals surface area contributed by atoms with Crippen molar-refractivity contribution in [3.63, 3.8) is 0 Å². The van der Waals surface area contributed by atoms with Crippen molar-refractivity contribution in [1.82, 2.24) is 14.4 Å². The first-order valence-corrected chi connectivity index (χ1v) is 7.64. The van der Waals surface area contributed by atoms with Gasteiger partial charge in [0.25, 0.3) is 5.91 Å². The standard InChI is InChI=1S/C16H15BrN4O/c1-9-7-12(17)15-19-11(3)13(21(15)8-9)16(22)20-14-10(2)5-4-6-18-14/h4-8H,1-3H3,(H,18,20,22). The highest BCUT2D eigenvalue weighted by Crippen LogP contribution is 2.23. The third-order valence-corrected chi connectivity index (χ3v) is 4.03. The zero-order valence-electron chi connectivity index (χ0n) is 12.5. The van der Waals surface area contributed by atoms with Crippen LogP contribution in [0.1, 0.15) is 27.3 Å². The number of aryl methyl sites for hydroxylation is 3. The molecule has 0 saturated carbocycles. The van der Waals surface area contributed by atoms with E-state index in [0.29, 0.717) is 17.2 Å². The molecule has 0 spiro atoms. The van der Waals surface area contributed by atoms with Crippen LogP contribution in [0.15, 0.2) is 35.1 Å². The predicted molar refractivity (Wildman–Crippen MR) is 89.3 cm³/mol. The van der Waals surface area contributed by atoms with Gasteiger partial charge in [-0.15, -0.1) is 0 Å². The van der Waals surface area contributed by atoms with Crippen LogP contribution >= 0.6 is 15.9 Å². The van der Waals surface area contributed by atoms with E-state index < -0.39 is 0 Å². The number of rotatable bonds is 2. The lowest BCUT2D eigenvalue weighted by Gasteiger charge is -2.08. The lowest BCUT2D eigenvalue weighted by molar-refractivity contribution is 0.102. The third kappa shape index (κ3) is 2.50. The van der Waals surface area contributed by atoms with Crippen LogP contribution < -0.4 is 5.32 Å². The Balaban J connectivity index is 2.08. The first kappa shape index (κ1) is 14.7. The number of carbonyl (C=O) groups is 1. The largest absolute Gasteiger partial charge is 0.305 e. The summed E-state index contributed by atoms with van der Waals surface area (Å²) in [7, 11) is 0. The van der Waals surface area contributed by atoms with Gasteiger partial charge in [-0.25, -0.2) is 9.97 Å². The van der Waals surface area contributed by atoms with Crippen LogP contribution in [-0.2, 0) is 0 Å². The van der Waals surface area contributed by atoms with Gasteiger partial charge in [-0.1, -0.05) is 6.07 Å². The smallest absolute Gasteiger partial charge is 0.275 e. The normalized spacial score (nSPS) is 10.9. The molecular weight excluding hydrogens is 344 g/mol. The quantitative estimate of drug-likeness (QED) is 0.760. The average Bonchev–Trinajstić information content (AvgIpc) is 2.78.